The molecule has 0 aliphatic carbocycles. The predicted molar refractivity (Wildman–Crippen MR) is 78.0 cm³/mol. The molecule has 1 fully saturated rings. The Bertz CT molecular complexity index is 217. The second-order valence-corrected chi connectivity index (χ2v) is 6.57. The molecular weight excluding hydrogens is 224 g/mol. The Morgan fingerprint density at radius 3 is 2.72 bits per heavy atom. The van der Waals surface area contributed by atoms with Crippen LogP contribution in [0, 0.1) is 5.41 Å². The molecule has 1 N–H and O–H groups in total. The molecule has 1 saturated heterocycles. The van der Waals surface area contributed by atoms with Gasteiger partial charge in [0.2, 0.25) is 0 Å². The summed E-state index contributed by atoms with van der Waals surface area (Å²) < 4.78 is 5.52. The Labute approximate surface area is 113 Å². The van der Waals surface area contributed by atoms with E-state index < -0.39 is 0 Å². The van der Waals surface area contributed by atoms with Gasteiger partial charge in [-0.1, -0.05) is 13.8 Å². The summed E-state index contributed by atoms with van der Waals surface area (Å²) >= 11 is 0. The van der Waals surface area contributed by atoms with E-state index in [1.54, 1.807) is 0 Å². The highest BCUT2D eigenvalue weighted by Gasteiger charge is 2.25. The third-order valence-corrected chi connectivity index (χ3v) is 3.53. The summed E-state index contributed by atoms with van der Waals surface area (Å²) in [5, 5.41) is 3.51. The van der Waals surface area contributed by atoms with Gasteiger partial charge in [-0.2, -0.15) is 0 Å². The van der Waals surface area contributed by atoms with E-state index in [0.29, 0.717) is 11.5 Å². The lowest BCUT2D eigenvalue weighted by Gasteiger charge is -2.38. The van der Waals surface area contributed by atoms with Gasteiger partial charge in [-0.25, -0.2) is 0 Å². The van der Waals surface area contributed by atoms with Gasteiger partial charge in [0.25, 0.3) is 0 Å². The number of nitrogens with one attached hydrogen (secondary N) is 1. The first-order chi connectivity index (χ1) is 8.49. The van der Waals surface area contributed by atoms with Crippen molar-refractivity contribution in [3.63, 3.8) is 0 Å². The fraction of sp³-hybridized carbons (Fsp3) is 1.00. The summed E-state index contributed by atoms with van der Waals surface area (Å²) in [6.07, 6.45) is 4.21. The third kappa shape index (κ3) is 7.34. The Kier molecular flexibility index (Phi) is 7.20. The van der Waals surface area contributed by atoms with E-state index in [9.17, 15) is 0 Å². The van der Waals surface area contributed by atoms with Crippen molar-refractivity contribution in [2.24, 2.45) is 5.41 Å². The van der Waals surface area contributed by atoms with Crippen molar-refractivity contribution in [3.8, 4) is 0 Å². The van der Waals surface area contributed by atoms with E-state index >= 15 is 0 Å². The van der Waals surface area contributed by atoms with Crippen molar-refractivity contribution in [1.82, 2.24) is 10.2 Å². The highest BCUT2D eigenvalue weighted by molar-refractivity contribution is 4.79. The highest BCUT2D eigenvalue weighted by Crippen LogP contribution is 2.27. The minimum atomic E-state index is 0.362. The summed E-state index contributed by atoms with van der Waals surface area (Å²) in [5.41, 5.74) is 0.517. The zero-order valence-corrected chi connectivity index (χ0v) is 12.8. The molecule has 3 nitrogen and oxygen atoms in total. The minimum absolute atomic E-state index is 0.362. The second kappa shape index (κ2) is 8.13. The first kappa shape index (κ1) is 15.9. The van der Waals surface area contributed by atoms with Gasteiger partial charge < -0.3 is 15.0 Å². The Morgan fingerprint density at radius 1 is 1.28 bits per heavy atom. The van der Waals surface area contributed by atoms with Crippen LogP contribution in [-0.2, 0) is 4.74 Å². The molecule has 0 atom stereocenters. The highest BCUT2D eigenvalue weighted by atomic mass is 16.5. The summed E-state index contributed by atoms with van der Waals surface area (Å²) in [6.45, 7) is 15.7. The maximum absolute atomic E-state index is 5.52. The van der Waals surface area contributed by atoms with Gasteiger partial charge in [0.05, 0.1) is 6.10 Å². The van der Waals surface area contributed by atoms with Gasteiger partial charge in [0.15, 0.2) is 0 Å². The van der Waals surface area contributed by atoms with Crippen molar-refractivity contribution in [2.75, 3.05) is 39.3 Å². The van der Waals surface area contributed by atoms with Crippen LogP contribution in [0.5, 0.6) is 0 Å². The molecule has 0 aromatic rings. The largest absolute Gasteiger partial charge is 0.379 e. The number of ether oxygens (including phenoxy) is 1. The average Bonchev–Trinajstić information content (AvgIpc) is 2.26. The van der Waals surface area contributed by atoms with Crippen molar-refractivity contribution < 1.29 is 4.74 Å². The van der Waals surface area contributed by atoms with Gasteiger partial charge in [-0.15, -0.1) is 0 Å². The van der Waals surface area contributed by atoms with Crippen LogP contribution >= 0.6 is 0 Å². The molecule has 0 spiro atoms. The number of hydrogen-bond donors (Lipinski definition) is 1. The molecule has 108 valence electrons. The number of hydrogen-bond acceptors (Lipinski definition) is 3. The van der Waals surface area contributed by atoms with E-state index in [0.717, 1.165) is 26.1 Å². The van der Waals surface area contributed by atoms with Crippen LogP contribution in [0.3, 0.4) is 0 Å². The van der Waals surface area contributed by atoms with Crippen LogP contribution in [0.25, 0.3) is 0 Å². The molecule has 1 aliphatic heterocycles. The molecule has 1 rings (SSSR count). The Morgan fingerprint density at radius 2 is 2.06 bits per heavy atom. The van der Waals surface area contributed by atoms with Gasteiger partial charge in [-0.3, -0.25) is 0 Å². The molecule has 0 aromatic carbocycles. The molecule has 0 unspecified atom stereocenters. The minimum Gasteiger partial charge on any atom is -0.379 e. The Balaban J connectivity index is 1.94. The zero-order chi connectivity index (χ0) is 13.4. The van der Waals surface area contributed by atoms with Crippen molar-refractivity contribution >= 4 is 0 Å². The number of rotatable bonds is 8. The molecule has 0 radical (unpaired) electrons. The molecule has 1 heterocycles. The number of likely N-dealkylation sites (tertiary alicyclic amines) is 1. The first-order valence-corrected chi connectivity index (χ1v) is 7.54. The third-order valence-electron chi connectivity index (χ3n) is 3.53. The maximum atomic E-state index is 5.52. The molecule has 0 aromatic heterocycles. The van der Waals surface area contributed by atoms with E-state index in [1.807, 2.05) is 0 Å². The summed E-state index contributed by atoms with van der Waals surface area (Å²) in [7, 11) is 0. The monoisotopic (exact) mass is 256 g/mol. The second-order valence-electron chi connectivity index (χ2n) is 6.57. The van der Waals surface area contributed by atoms with Crippen LogP contribution in [0.2, 0.25) is 0 Å². The fourth-order valence-electron chi connectivity index (χ4n) is 2.61. The predicted octanol–water partition coefficient (Wildman–Crippen LogP) is 2.51. The van der Waals surface area contributed by atoms with Crippen LogP contribution in [0.4, 0.5) is 0 Å². The zero-order valence-electron chi connectivity index (χ0n) is 12.8. The smallest absolute Gasteiger partial charge is 0.0518 e. The van der Waals surface area contributed by atoms with Crippen molar-refractivity contribution in [3.05, 3.63) is 0 Å². The van der Waals surface area contributed by atoms with Crippen molar-refractivity contribution in [1.29, 1.82) is 0 Å². The summed E-state index contributed by atoms with van der Waals surface area (Å²) in [6, 6.07) is 0. The molecule has 0 bridgehead atoms. The van der Waals surface area contributed by atoms with Gasteiger partial charge >= 0.3 is 0 Å². The Hall–Kier alpha value is -0.120. The van der Waals surface area contributed by atoms with Gasteiger partial charge in [0.1, 0.15) is 0 Å². The normalized spacial score (nSPS) is 20.5. The average molecular weight is 256 g/mol. The van der Waals surface area contributed by atoms with Crippen LogP contribution < -0.4 is 5.32 Å². The molecular formula is C15H32N2O. The SMILES string of the molecule is CC(C)OCCCNCCN1CCCC(C)(C)C1. The molecule has 0 amide bonds. The lowest BCUT2D eigenvalue weighted by Crippen LogP contribution is -2.43. The molecule has 18 heavy (non-hydrogen) atoms. The van der Waals surface area contributed by atoms with Gasteiger partial charge in [-0.05, 0) is 51.6 Å². The van der Waals surface area contributed by atoms with E-state index in [1.165, 1.54) is 32.5 Å². The van der Waals surface area contributed by atoms with E-state index in [2.05, 4.69) is 37.9 Å². The first-order valence-electron chi connectivity index (χ1n) is 7.54. The topological polar surface area (TPSA) is 24.5 Å². The van der Waals surface area contributed by atoms with E-state index in [4.69, 9.17) is 4.74 Å². The van der Waals surface area contributed by atoms with Crippen LogP contribution in [0.15, 0.2) is 0 Å². The van der Waals surface area contributed by atoms with Gasteiger partial charge in [0, 0.05) is 26.2 Å². The van der Waals surface area contributed by atoms with Crippen LogP contribution in [0.1, 0.15) is 47.0 Å². The summed E-state index contributed by atoms with van der Waals surface area (Å²) in [5.74, 6) is 0. The lowest BCUT2D eigenvalue weighted by molar-refractivity contribution is 0.0767. The quantitative estimate of drug-likeness (QED) is 0.675. The number of piperidine rings is 1. The van der Waals surface area contributed by atoms with Crippen molar-refractivity contribution in [2.45, 2.75) is 53.1 Å². The van der Waals surface area contributed by atoms with E-state index in [-0.39, 0.29) is 0 Å². The number of nitrogens with zero attached hydrogens (tertiary/aromatic N) is 1. The summed E-state index contributed by atoms with van der Waals surface area (Å²) in [4.78, 5) is 2.60. The molecule has 3 heteroatoms. The standard InChI is InChI=1S/C15H32N2O/c1-14(2)18-12-6-8-16-9-11-17-10-5-7-15(3,4)13-17/h14,16H,5-13H2,1-4H3. The maximum Gasteiger partial charge on any atom is 0.0518 e. The molecule has 1 aliphatic rings. The van der Waals surface area contributed by atoms with Crippen LogP contribution in [-0.4, -0.2) is 50.3 Å². The lowest BCUT2D eigenvalue weighted by atomic mass is 9.84. The fourth-order valence-corrected chi connectivity index (χ4v) is 2.61. The molecule has 0 saturated carbocycles.